The second-order valence-electron chi connectivity index (χ2n) is 7.60. The van der Waals surface area contributed by atoms with E-state index in [9.17, 15) is 4.79 Å². The van der Waals surface area contributed by atoms with Crippen LogP contribution in [0.15, 0.2) is 42.6 Å². The molecule has 0 aliphatic carbocycles. The van der Waals surface area contributed by atoms with Crippen LogP contribution < -0.4 is 10.5 Å². The maximum atomic E-state index is 11.7. The lowest BCUT2D eigenvalue weighted by Gasteiger charge is -2.36. The van der Waals surface area contributed by atoms with Crippen LogP contribution in [0.25, 0.3) is 0 Å². The lowest BCUT2D eigenvalue weighted by Crippen LogP contribution is -2.43. The summed E-state index contributed by atoms with van der Waals surface area (Å²) in [6.07, 6.45) is 1.34. The van der Waals surface area contributed by atoms with Gasteiger partial charge in [0.2, 0.25) is 5.91 Å². The van der Waals surface area contributed by atoms with Gasteiger partial charge in [-0.1, -0.05) is 29.8 Å². The van der Waals surface area contributed by atoms with Crippen molar-refractivity contribution in [2.45, 2.75) is 52.1 Å². The van der Waals surface area contributed by atoms with E-state index in [1.165, 1.54) is 0 Å². The maximum absolute atomic E-state index is 11.7. The molecule has 1 heterocycles. The lowest BCUT2D eigenvalue weighted by molar-refractivity contribution is -0.151. The molecule has 1 aromatic heterocycles. The predicted octanol–water partition coefficient (Wildman–Crippen LogP) is 3.76. The highest BCUT2D eigenvalue weighted by Gasteiger charge is 2.27. The Morgan fingerprint density at radius 3 is 2.25 bits per heavy atom. The molecule has 28 heavy (non-hydrogen) atoms. The SMILES string of the molecule is COc1ccc(CN(Cc2ccc(Cl)nc2)C(CC(N)=O)OC(C)(C)C)cc1. The number of amides is 1. The third-order valence-electron chi connectivity index (χ3n) is 3.99. The lowest BCUT2D eigenvalue weighted by atomic mass is 10.1. The smallest absolute Gasteiger partial charge is 0.221 e. The molecule has 1 amide bonds. The molecule has 1 atom stereocenters. The van der Waals surface area contributed by atoms with E-state index >= 15 is 0 Å². The Morgan fingerprint density at radius 2 is 1.75 bits per heavy atom. The van der Waals surface area contributed by atoms with Crippen LogP contribution in [0.4, 0.5) is 0 Å². The molecule has 0 saturated carbocycles. The number of primary amides is 1. The summed E-state index contributed by atoms with van der Waals surface area (Å²) >= 11 is 5.90. The number of rotatable bonds is 9. The van der Waals surface area contributed by atoms with E-state index in [0.717, 1.165) is 16.9 Å². The number of aromatic nitrogens is 1. The predicted molar refractivity (Wildman–Crippen MR) is 110 cm³/mol. The number of benzene rings is 1. The molecular weight excluding hydrogens is 378 g/mol. The second-order valence-corrected chi connectivity index (χ2v) is 7.98. The summed E-state index contributed by atoms with van der Waals surface area (Å²) in [6.45, 7) is 6.97. The van der Waals surface area contributed by atoms with Gasteiger partial charge in [-0.15, -0.1) is 0 Å². The van der Waals surface area contributed by atoms with Crippen LogP contribution in [0, 0.1) is 0 Å². The minimum absolute atomic E-state index is 0.0917. The molecule has 0 fully saturated rings. The van der Waals surface area contributed by atoms with Gasteiger partial charge in [0.25, 0.3) is 0 Å². The molecule has 0 spiro atoms. The number of hydrogen-bond donors (Lipinski definition) is 1. The van der Waals surface area contributed by atoms with Gasteiger partial charge >= 0.3 is 0 Å². The number of ether oxygens (including phenoxy) is 2. The molecule has 1 unspecified atom stereocenters. The number of nitrogens with two attached hydrogens (primary N) is 1. The van der Waals surface area contributed by atoms with Crippen LogP contribution in [0.2, 0.25) is 5.15 Å². The summed E-state index contributed by atoms with van der Waals surface area (Å²) in [4.78, 5) is 17.9. The fraction of sp³-hybridized carbons (Fsp3) is 0.429. The molecule has 0 aliphatic heterocycles. The van der Waals surface area contributed by atoms with Crippen molar-refractivity contribution in [3.05, 3.63) is 58.9 Å². The second kappa shape index (κ2) is 9.87. The van der Waals surface area contributed by atoms with Crippen LogP contribution in [-0.4, -0.2) is 34.7 Å². The minimum Gasteiger partial charge on any atom is -0.497 e. The van der Waals surface area contributed by atoms with Gasteiger partial charge < -0.3 is 15.2 Å². The zero-order chi connectivity index (χ0) is 20.7. The maximum Gasteiger partial charge on any atom is 0.221 e. The van der Waals surface area contributed by atoms with Crippen molar-refractivity contribution < 1.29 is 14.3 Å². The first-order chi connectivity index (χ1) is 13.2. The Bertz CT molecular complexity index is 758. The summed E-state index contributed by atoms with van der Waals surface area (Å²) in [6, 6.07) is 11.5. The molecule has 0 bridgehead atoms. The van der Waals surface area contributed by atoms with E-state index in [2.05, 4.69) is 9.88 Å². The summed E-state index contributed by atoms with van der Waals surface area (Å²) in [5, 5.41) is 0.435. The Labute approximate surface area is 171 Å². The van der Waals surface area contributed by atoms with E-state index < -0.39 is 17.7 Å². The monoisotopic (exact) mass is 405 g/mol. The minimum atomic E-state index is -0.477. The molecule has 7 heteroatoms. The van der Waals surface area contributed by atoms with Crippen molar-refractivity contribution in [1.82, 2.24) is 9.88 Å². The zero-order valence-electron chi connectivity index (χ0n) is 16.8. The fourth-order valence-corrected chi connectivity index (χ4v) is 2.90. The summed E-state index contributed by atoms with van der Waals surface area (Å²) < 4.78 is 11.4. The first-order valence-corrected chi connectivity index (χ1v) is 9.47. The van der Waals surface area contributed by atoms with Gasteiger partial charge in [-0.25, -0.2) is 4.98 Å². The summed E-state index contributed by atoms with van der Waals surface area (Å²) in [7, 11) is 1.63. The largest absolute Gasteiger partial charge is 0.497 e. The van der Waals surface area contributed by atoms with Gasteiger partial charge in [-0.2, -0.15) is 0 Å². The van der Waals surface area contributed by atoms with Crippen molar-refractivity contribution in [2.24, 2.45) is 5.73 Å². The third kappa shape index (κ3) is 7.46. The van der Waals surface area contributed by atoms with Crippen molar-refractivity contribution >= 4 is 17.5 Å². The van der Waals surface area contributed by atoms with Crippen LogP contribution in [0.1, 0.15) is 38.3 Å². The van der Waals surface area contributed by atoms with Gasteiger partial charge in [0.1, 0.15) is 17.1 Å². The van der Waals surface area contributed by atoms with Crippen molar-refractivity contribution in [2.75, 3.05) is 7.11 Å². The Morgan fingerprint density at radius 1 is 1.14 bits per heavy atom. The average molecular weight is 406 g/mol. The van der Waals surface area contributed by atoms with Crippen LogP contribution in [-0.2, 0) is 22.6 Å². The topological polar surface area (TPSA) is 77.7 Å². The van der Waals surface area contributed by atoms with Gasteiger partial charge in [0.15, 0.2) is 0 Å². The fourth-order valence-electron chi connectivity index (χ4n) is 2.78. The number of methoxy groups -OCH3 is 1. The van der Waals surface area contributed by atoms with Gasteiger partial charge in [-0.05, 0) is 50.1 Å². The molecule has 2 N–H and O–H groups in total. The molecular formula is C21H28ClN3O3. The average Bonchev–Trinajstić information content (AvgIpc) is 2.61. The first-order valence-electron chi connectivity index (χ1n) is 9.10. The molecule has 6 nitrogen and oxygen atoms in total. The van der Waals surface area contributed by atoms with Gasteiger partial charge in [0, 0.05) is 19.3 Å². The van der Waals surface area contributed by atoms with Gasteiger partial charge in [0.05, 0.1) is 19.1 Å². The number of hydrogen-bond acceptors (Lipinski definition) is 5. The molecule has 152 valence electrons. The highest BCUT2D eigenvalue weighted by Crippen LogP contribution is 2.22. The number of halogens is 1. The van der Waals surface area contributed by atoms with E-state index in [1.54, 1.807) is 19.4 Å². The van der Waals surface area contributed by atoms with Crippen LogP contribution in [0.5, 0.6) is 5.75 Å². The molecule has 1 aromatic carbocycles. The Kier molecular flexibility index (Phi) is 7.80. The number of nitrogens with zero attached hydrogens (tertiary/aromatic N) is 2. The normalized spacial score (nSPS) is 12.8. The summed E-state index contributed by atoms with van der Waals surface area (Å²) in [5.74, 6) is 0.375. The van der Waals surface area contributed by atoms with Crippen LogP contribution in [0.3, 0.4) is 0 Å². The first kappa shape index (κ1) is 22.1. The highest BCUT2D eigenvalue weighted by molar-refractivity contribution is 6.29. The number of carbonyl (C=O) groups excluding carboxylic acids is 1. The molecule has 0 saturated heterocycles. The quantitative estimate of drug-likeness (QED) is 0.507. The molecule has 0 aliphatic rings. The molecule has 2 rings (SSSR count). The highest BCUT2D eigenvalue weighted by atomic mass is 35.5. The van der Waals surface area contributed by atoms with Crippen LogP contribution >= 0.6 is 11.6 Å². The van der Waals surface area contributed by atoms with E-state index in [0.29, 0.717) is 18.2 Å². The van der Waals surface area contributed by atoms with E-state index in [-0.39, 0.29) is 6.42 Å². The van der Waals surface area contributed by atoms with Crippen molar-refractivity contribution in [3.63, 3.8) is 0 Å². The number of pyridine rings is 1. The van der Waals surface area contributed by atoms with Crippen molar-refractivity contribution in [3.8, 4) is 5.75 Å². The number of carbonyl (C=O) groups is 1. The Hall–Kier alpha value is -2.15. The summed E-state index contributed by atoms with van der Waals surface area (Å²) in [5.41, 5.74) is 7.10. The van der Waals surface area contributed by atoms with E-state index in [4.69, 9.17) is 26.8 Å². The zero-order valence-corrected chi connectivity index (χ0v) is 17.6. The third-order valence-corrected chi connectivity index (χ3v) is 4.22. The van der Waals surface area contributed by atoms with E-state index in [1.807, 2.05) is 51.1 Å². The standard InChI is InChI=1S/C21H28ClN3O3/c1-21(2,3)28-20(11-19(23)26)25(14-16-7-10-18(22)24-12-16)13-15-5-8-17(27-4)9-6-15/h5-10,12,20H,11,13-14H2,1-4H3,(H2,23,26). The van der Waals surface area contributed by atoms with Crippen molar-refractivity contribution in [1.29, 1.82) is 0 Å². The molecule has 0 radical (unpaired) electrons. The van der Waals surface area contributed by atoms with Gasteiger partial charge in [-0.3, -0.25) is 9.69 Å². The molecule has 2 aromatic rings. The Balaban J connectivity index is 2.29.